The molecule has 3 atom stereocenters. The van der Waals surface area contributed by atoms with Crippen LogP contribution < -0.4 is 15.4 Å². The van der Waals surface area contributed by atoms with E-state index < -0.39 is 42.9 Å². The molecule has 4 N–H and O–H groups in total. The number of aromatic nitrogens is 3. The molecule has 1 aliphatic rings. The molecular weight excluding hydrogens is 591 g/mol. The Hall–Kier alpha value is -4.79. The van der Waals surface area contributed by atoms with Crippen LogP contribution in [0.5, 0.6) is 11.6 Å². The number of carboxylic acid groups (broad SMARTS) is 1. The third kappa shape index (κ3) is 6.72. The summed E-state index contributed by atoms with van der Waals surface area (Å²) in [6, 6.07) is 10.0. The van der Waals surface area contributed by atoms with Gasteiger partial charge in [0.05, 0.1) is 23.5 Å². The largest absolute Gasteiger partial charge is 0.465 e. The van der Waals surface area contributed by atoms with Crippen LogP contribution in [-0.2, 0) is 0 Å². The number of aliphatic hydroxyl groups excluding tert-OH is 1. The summed E-state index contributed by atoms with van der Waals surface area (Å²) >= 11 is 0. The number of amides is 1. The molecule has 1 amide bonds. The molecule has 0 bridgehead atoms. The van der Waals surface area contributed by atoms with Crippen LogP contribution in [0.1, 0.15) is 12.0 Å². The molecule has 1 aliphatic heterocycles. The van der Waals surface area contributed by atoms with Crippen LogP contribution in [0.2, 0.25) is 0 Å². The Balaban J connectivity index is 1.44. The molecule has 0 radical (unpaired) electrons. The van der Waals surface area contributed by atoms with E-state index in [0.717, 1.165) is 11.0 Å². The lowest BCUT2D eigenvalue weighted by Gasteiger charge is -2.33. The van der Waals surface area contributed by atoms with Gasteiger partial charge in [-0.15, -0.1) is 0 Å². The average Bonchev–Trinajstić information content (AvgIpc) is 2.97. The smallest absolute Gasteiger partial charge is 0.416 e. The van der Waals surface area contributed by atoms with Gasteiger partial charge in [0, 0.05) is 48.7 Å². The number of hydrogen-bond acceptors (Lipinski definition) is 8. The fourth-order valence-electron chi connectivity index (χ4n) is 4.91. The van der Waals surface area contributed by atoms with E-state index in [4.69, 9.17) is 4.74 Å². The van der Waals surface area contributed by atoms with Crippen LogP contribution in [0.4, 0.5) is 38.4 Å². The summed E-state index contributed by atoms with van der Waals surface area (Å²) in [7, 11) is 0. The summed E-state index contributed by atoms with van der Waals surface area (Å²) in [6.07, 6.45) is -7.13. The number of benzene rings is 2. The molecule has 3 heterocycles. The number of likely N-dealkylation sites (tertiary alicyclic amines) is 1. The standard InChI is InChI=1S/C29H27F5N6O4/c1-15-4-5-18-19(6-7-21(31)24(18)37-12-23(41)29(32,33)34)25(15)44-26-20(3-2-9-35-26)22-8-10-36-27(39-22)38-17-11-16(30)13-40(14-17)28(42)43/h2-10,16-17,23,37,41H,11-14H2,1H3,(H,42,43)(H,36,38,39)/t16?,17?,23-/m0/s1. The molecule has 232 valence electrons. The quantitative estimate of drug-likeness (QED) is 0.182. The number of rotatable bonds is 8. The maximum atomic E-state index is 14.7. The van der Waals surface area contributed by atoms with Crippen LogP contribution in [0, 0.1) is 12.7 Å². The van der Waals surface area contributed by atoms with Gasteiger partial charge in [-0.1, -0.05) is 12.1 Å². The Bertz CT molecular complexity index is 1670. The molecule has 1 fully saturated rings. The summed E-state index contributed by atoms with van der Waals surface area (Å²) in [5.41, 5.74) is 1.19. The van der Waals surface area contributed by atoms with Crippen molar-refractivity contribution < 1.29 is 41.7 Å². The van der Waals surface area contributed by atoms with Gasteiger partial charge in [-0.05, 0) is 42.8 Å². The number of piperidine rings is 1. The van der Waals surface area contributed by atoms with Gasteiger partial charge in [-0.2, -0.15) is 13.2 Å². The zero-order chi connectivity index (χ0) is 31.6. The third-order valence-electron chi connectivity index (χ3n) is 7.05. The van der Waals surface area contributed by atoms with Crippen molar-refractivity contribution in [1.82, 2.24) is 19.9 Å². The first-order valence-electron chi connectivity index (χ1n) is 13.5. The first-order valence-corrected chi connectivity index (χ1v) is 13.5. The highest BCUT2D eigenvalue weighted by atomic mass is 19.4. The monoisotopic (exact) mass is 618 g/mol. The van der Waals surface area contributed by atoms with E-state index >= 15 is 0 Å². The summed E-state index contributed by atoms with van der Waals surface area (Å²) < 4.78 is 73.7. The molecule has 0 aliphatic carbocycles. The van der Waals surface area contributed by atoms with Gasteiger partial charge in [0.15, 0.2) is 6.10 Å². The number of carbonyl (C=O) groups is 1. The van der Waals surface area contributed by atoms with Crippen LogP contribution in [0.25, 0.3) is 22.0 Å². The number of fused-ring (bicyclic) bond motifs is 1. The number of pyridine rings is 1. The molecule has 4 aromatic rings. The Kier molecular flexibility index (Phi) is 8.67. The van der Waals surface area contributed by atoms with Crippen molar-refractivity contribution in [3.63, 3.8) is 0 Å². The lowest BCUT2D eigenvalue weighted by molar-refractivity contribution is -0.198. The lowest BCUT2D eigenvalue weighted by atomic mass is 10.0. The molecule has 5 rings (SSSR count). The van der Waals surface area contributed by atoms with E-state index in [9.17, 15) is 37.0 Å². The summed E-state index contributed by atoms with van der Waals surface area (Å²) in [6.45, 7) is 0.617. The van der Waals surface area contributed by atoms with Crippen molar-refractivity contribution in [1.29, 1.82) is 0 Å². The fraction of sp³-hybridized carbons (Fsp3) is 0.310. The predicted octanol–water partition coefficient (Wildman–Crippen LogP) is 5.77. The molecular formula is C29H27F5N6O4. The molecule has 2 aromatic heterocycles. The van der Waals surface area contributed by atoms with Crippen molar-refractivity contribution in [2.45, 2.75) is 37.8 Å². The Labute approximate surface area is 247 Å². The fourth-order valence-corrected chi connectivity index (χ4v) is 4.91. The normalized spacial score (nSPS) is 17.8. The highest BCUT2D eigenvalue weighted by Crippen LogP contribution is 2.39. The first kappa shape index (κ1) is 30.7. The van der Waals surface area contributed by atoms with E-state index in [-0.39, 0.29) is 48.2 Å². The maximum absolute atomic E-state index is 14.7. The Morgan fingerprint density at radius 2 is 1.89 bits per heavy atom. The minimum atomic E-state index is -4.88. The molecule has 1 saturated heterocycles. The number of anilines is 2. The van der Waals surface area contributed by atoms with Crippen LogP contribution >= 0.6 is 0 Å². The minimum absolute atomic E-state index is 0.0531. The van der Waals surface area contributed by atoms with E-state index in [2.05, 4.69) is 25.6 Å². The molecule has 2 unspecified atom stereocenters. The number of nitrogens with zero attached hydrogens (tertiary/aromatic N) is 4. The van der Waals surface area contributed by atoms with Crippen LogP contribution in [0.3, 0.4) is 0 Å². The molecule has 44 heavy (non-hydrogen) atoms. The highest BCUT2D eigenvalue weighted by Gasteiger charge is 2.38. The van der Waals surface area contributed by atoms with E-state index in [1.165, 1.54) is 24.5 Å². The van der Waals surface area contributed by atoms with Crippen molar-refractivity contribution >= 4 is 28.5 Å². The van der Waals surface area contributed by atoms with E-state index in [1.807, 2.05) is 0 Å². The van der Waals surface area contributed by atoms with Gasteiger partial charge in [0.2, 0.25) is 11.8 Å². The SMILES string of the molecule is Cc1ccc2c(NC[C@H](O)C(F)(F)F)c(F)ccc2c1Oc1ncccc1-c1ccnc(NC2CC(F)CN(C(=O)O)C2)n1. The first-order chi connectivity index (χ1) is 20.9. The number of aryl methyl sites for hydroxylation is 1. The lowest BCUT2D eigenvalue weighted by Crippen LogP contribution is -2.49. The van der Waals surface area contributed by atoms with Gasteiger partial charge in [0.1, 0.15) is 17.7 Å². The van der Waals surface area contributed by atoms with Crippen molar-refractivity contribution in [2.24, 2.45) is 0 Å². The maximum Gasteiger partial charge on any atom is 0.416 e. The van der Waals surface area contributed by atoms with Gasteiger partial charge < -0.3 is 30.5 Å². The second-order valence-corrected chi connectivity index (χ2v) is 10.3. The van der Waals surface area contributed by atoms with Gasteiger partial charge in [0.25, 0.3) is 0 Å². The van der Waals surface area contributed by atoms with Gasteiger partial charge in [-0.3, -0.25) is 0 Å². The van der Waals surface area contributed by atoms with E-state index in [0.29, 0.717) is 22.2 Å². The molecule has 10 nitrogen and oxygen atoms in total. The second kappa shape index (κ2) is 12.4. The summed E-state index contributed by atoms with van der Waals surface area (Å²) in [5.74, 6) is -0.308. The Morgan fingerprint density at radius 1 is 1.11 bits per heavy atom. The topological polar surface area (TPSA) is 133 Å². The highest BCUT2D eigenvalue weighted by molar-refractivity contribution is 5.99. The number of halogens is 5. The van der Waals surface area contributed by atoms with Crippen molar-refractivity contribution in [3.8, 4) is 22.9 Å². The zero-order valence-corrected chi connectivity index (χ0v) is 23.1. The van der Waals surface area contributed by atoms with Crippen LogP contribution in [-0.4, -0.2) is 80.3 Å². The summed E-state index contributed by atoms with van der Waals surface area (Å²) in [4.78, 5) is 25.4. The molecule has 2 aromatic carbocycles. The average molecular weight is 619 g/mol. The van der Waals surface area contributed by atoms with Crippen molar-refractivity contribution in [2.75, 3.05) is 30.3 Å². The third-order valence-corrected chi connectivity index (χ3v) is 7.05. The minimum Gasteiger partial charge on any atom is -0.465 e. The number of ether oxygens (including phenoxy) is 1. The van der Waals surface area contributed by atoms with Gasteiger partial charge >= 0.3 is 12.3 Å². The van der Waals surface area contributed by atoms with Crippen LogP contribution in [0.15, 0.2) is 54.9 Å². The summed E-state index contributed by atoms with van der Waals surface area (Å²) in [5, 5.41) is 24.6. The predicted molar refractivity (Wildman–Crippen MR) is 151 cm³/mol. The molecule has 0 saturated carbocycles. The van der Waals surface area contributed by atoms with Gasteiger partial charge in [-0.25, -0.2) is 28.5 Å². The van der Waals surface area contributed by atoms with Crippen molar-refractivity contribution in [3.05, 3.63) is 66.2 Å². The number of nitrogens with one attached hydrogen (secondary N) is 2. The molecule has 15 heteroatoms. The molecule has 0 spiro atoms. The number of aliphatic hydroxyl groups is 1. The zero-order valence-electron chi connectivity index (χ0n) is 23.1. The second-order valence-electron chi connectivity index (χ2n) is 10.3. The van der Waals surface area contributed by atoms with E-state index in [1.54, 1.807) is 31.2 Å². The number of alkyl halides is 4. The number of hydrogen-bond donors (Lipinski definition) is 4. The Morgan fingerprint density at radius 3 is 2.64 bits per heavy atom.